The molecule has 1 aliphatic heterocycles. The van der Waals surface area contributed by atoms with Crippen LogP contribution < -0.4 is 14.3 Å². The lowest BCUT2D eigenvalue weighted by Gasteiger charge is -2.21. The molecule has 2 aromatic carbocycles. The van der Waals surface area contributed by atoms with Crippen molar-refractivity contribution in [2.75, 3.05) is 22.8 Å². The molecule has 144 valence electrons. The number of amides is 1. The van der Waals surface area contributed by atoms with Crippen LogP contribution in [0.25, 0.3) is 0 Å². The number of sulfonamides is 2. The van der Waals surface area contributed by atoms with Crippen molar-refractivity contribution in [3.8, 4) is 0 Å². The lowest BCUT2D eigenvalue weighted by atomic mass is 10.3. The molecule has 3 rings (SSSR count). The summed E-state index contributed by atoms with van der Waals surface area (Å²) in [4.78, 5) is 13.4. The van der Waals surface area contributed by atoms with Gasteiger partial charge in [-0.3, -0.25) is 9.10 Å². The number of nitrogens with two attached hydrogens (primary N) is 1. The van der Waals surface area contributed by atoms with Crippen molar-refractivity contribution in [1.82, 2.24) is 0 Å². The predicted molar refractivity (Wildman–Crippen MR) is 101 cm³/mol. The highest BCUT2D eigenvalue weighted by Gasteiger charge is 2.24. The average Bonchev–Trinajstić information content (AvgIpc) is 3.06. The zero-order valence-corrected chi connectivity index (χ0v) is 16.2. The SMILES string of the molecule is CN(c1ccc(S(N)(=O)=O)cc1)S(=O)(=O)c1ccc(N2CCCC2=O)cc1. The molecule has 1 fully saturated rings. The Hall–Kier alpha value is -2.43. The molecule has 8 nitrogen and oxygen atoms in total. The highest BCUT2D eigenvalue weighted by Crippen LogP contribution is 2.26. The molecule has 1 amide bonds. The Morgan fingerprint density at radius 2 is 1.48 bits per heavy atom. The van der Waals surface area contributed by atoms with Gasteiger partial charge in [-0.1, -0.05) is 0 Å². The maximum absolute atomic E-state index is 12.8. The van der Waals surface area contributed by atoms with Gasteiger partial charge in [-0.15, -0.1) is 0 Å². The van der Waals surface area contributed by atoms with E-state index in [-0.39, 0.29) is 15.7 Å². The minimum Gasteiger partial charge on any atom is -0.312 e. The maximum atomic E-state index is 12.8. The summed E-state index contributed by atoms with van der Waals surface area (Å²) in [6, 6.07) is 11.3. The molecule has 10 heteroatoms. The van der Waals surface area contributed by atoms with Crippen LogP contribution >= 0.6 is 0 Å². The summed E-state index contributed by atoms with van der Waals surface area (Å²) < 4.78 is 49.3. The van der Waals surface area contributed by atoms with E-state index in [9.17, 15) is 21.6 Å². The van der Waals surface area contributed by atoms with E-state index in [1.54, 1.807) is 17.0 Å². The van der Waals surface area contributed by atoms with Crippen molar-refractivity contribution in [2.24, 2.45) is 5.14 Å². The molecular formula is C17H19N3O5S2. The van der Waals surface area contributed by atoms with Crippen LogP contribution in [0.1, 0.15) is 12.8 Å². The average molecular weight is 409 g/mol. The predicted octanol–water partition coefficient (Wildman–Crippen LogP) is 1.29. The van der Waals surface area contributed by atoms with Crippen LogP contribution in [0, 0.1) is 0 Å². The van der Waals surface area contributed by atoms with Crippen molar-refractivity contribution in [2.45, 2.75) is 22.6 Å². The standard InChI is InChI=1S/C17H19N3O5S2/c1-19(13-4-8-15(9-5-13)26(18,22)23)27(24,25)16-10-6-14(7-11-16)20-12-2-3-17(20)21/h4-11H,2-3,12H2,1H3,(H2,18,22,23). The van der Waals surface area contributed by atoms with Gasteiger partial charge in [0.1, 0.15) is 0 Å². The quantitative estimate of drug-likeness (QED) is 0.798. The molecule has 1 saturated heterocycles. The Balaban J connectivity index is 1.86. The molecule has 0 atom stereocenters. The van der Waals surface area contributed by atoms with Gasteiger partial charge in [0.15, 0.2) is 0 Å². The van der Waals surface area contributed by atoms with E-state index >= 15 is 0 Å². The van der Waals surface area contributed by atoms with Crippen LogP contribution in [0.2, 0.25) is 0 Å². The van der Waals surface area contributed by atoms with Gasteiger partial charge in [0.05, 0.1) is 15.5 Å². The van der Waals surface area contributed by atoms with Crippen molar-refractivity contribution in [1.29, 1.82) is 0 Å². The van der Waals surface area contributed by atoms with Gasteiger partial charge in [-0.2, -0.15) is 0 Å². The fraction of sp³-hybridized carbons (Fsp3) is 0.235. The van der Waals surface area contributed by atoms with Crippen molar-refractivity contribution in [3.63, 3.8) is 0 Å². The largest absolute Gasteiger partial charge is 0.312 e. The molecule has 0 saturated carbocycles. The molecule has 2 N–H and O–H groups in total. The maximum Gasteiger partial charge on any atom is 0.264 e. The van der Waals surface area contributed by atoms with E-state index in [2.05, 4.69) is 0 Å². The molecule has 0 aliphatic carbocycles. The monoisotopic (exact) mass is 409 g/mol. The zero-order valence-electron chi connectivity index (χ0n) is 14.6. The third kappa shape index (κ3) is 3.82. The number of primary sulfonamides is 1. The zero-order chi connectivity index (χ0) is 19.8. The summed E-state index contributed by atoms with van der Waals surface area (Å²) in [6.45, 7) is 0.626. The van der Waals surface area contributed by atoms with E-state index < -0.39 is 20.0 Å². The van der Waals surface area contributed by atoms with Gasteiger partial charge in [-0.05, 0) is 55.0 Å². The van der Waals surface area contributed by atoms with E-state index in [0.717, 1.165) is 10.7 Å². The van der Waals surface area contributed by atoms with Crippen molar-refractivity contribution >= 4 is 37.3 Å². The van der Waals surface area contributed by atoms with E-state index in [4.69, 9.17) is 5.14 Å². The Morgan fingerprint density at radius 1 is 0.926 bits per heavy atom. The van der Waals surface area contributed by atoms with E-state index in [1.807, 2.05) is 0 Å². The van der Waals surface area contributed by atoms with Crippen molar-refractivity contribution in [3.05, 3.63) is 48.5 Å². The summed E-state index contributed by atoms with van der Waals surface area (Å²) in [6.07, 6.45) is 1.29. The van der Waals surface area contributed by atoms with Gasteiger partial charge < -0.3 is 4.90 Å². The number of hydrogen-bond donors (Lipinski definition) is 1. The first-order chi connectivity index (χ1) is 12.6. The van der Waals surface area contributed by atoms with Crippen LogP contribution in [0.3, 0.4) is 0 Å². The highest BCUT2D eigenvalue weighted by atomic mass is 32.2. The second-order valence-electron chi connectivity index (χ2n) is 6.15. The first kappa shape index (κ1) is 19.3. The first-order valence-corrected chi connectivity index (χ1v) is 11.1. The van der Waals surface area contributed by atoms with Crippen LogP contribution in [0.4, 0.5) is 11.4 Å². The Labute approximate surface area is 158 Å². The lowest BCUT2D eigenvalue weighted by Crippen LogP contribution is -2.27. The molecule has 27 heavy (non-hydrogen) atoms. The summed E-state index contributed by atoms with van der Waals surface area (Å²) in [5, 5.41) is 5.05. The number of rotatable bonds is 5. The number of benzene rings is 2. The van der Waals surface area contributed by atoms with Crippen LogP contribution in [0.5, 0.6) is 0 Å². The lowest BCUT2D eigenvalue weighted by molar-refractivity contribution is -0.117. The highest BCUT2D eigenvalue weighted by molar-refractivity contribution is 7.92. The number of anilines is 2. The molecule has 1 heterocycles. The molecule has 0 aromatic heterocycles. The number of carbonyl (C=O) groups is 1. The molecule has 1 aliphatic rings. The third-order valence-electron chi connectivity index (χ3n) is 4.41. The van der Waals surface area contributed by atoms with Gasteiger partial charge in [0, 0.05) is 25.7 Å². The summed E-state index contributed by atoms with van der Waals surface area (Å²) in [7, 11) is -6.32. The smallest absolute Gasteiger partial charge is 0.264 e. The number of nitrogens with zero attached hydrogens (tertiary/aromatic N) is 2. The van der Waals surface area contributed by atoms with E-state index in [1.165, 1.54) is 43.4 Å². The Bertz CT molecular complexity index is 1060. The molecule has 0 unspecified atom stereocenters. The van der Waals surface area contributed by atoms with Gasteiger partial charge in [0.25, 0.3) is 10.0 Å². The molecular weight excluding hydrogens is 390 g/mol. The summed E-state index contributed by atoms with van der Waals surface area (Å²) in [5.74, 6) is 0.0256. The second kappa shape index (κ2) is 6.95. The van der Waals surface area contributed by atoms with Crippen LogP contribution in [0.15, 0.2) is 58.3 Å². The number of hydrogen-bond acceptors (Lipinski definition) is 5. The molecule has 0 radical (unpaired) electrons. The number of carbonyl (C=O) groups excluding carboxylic acids is 1. The fourth-order valence-corrected chi connectivity index (χ4v) is 4.57. The minimum atomic E-state index is -3.85. The first-order valence-electron chi connectivity index (χ1n) is 8.13. The van der Waals surface area contributed by atoms with Crippen LogP contribution in [-0.4, -0.2) is 36.3 Å². The topological polar surface area (TPSA) is 118 Å². The van der Waals surface area contributed by atoms with Gasteiger partial charge >= 0.3 is 0 Å². The third-order valence-corrected chi connectivity index (χ3v) is 7.14. The Kier molecular flexibility index (Phi) is 4.98. The molecule has 0 bridgehead atoms. The normalized spacial score (nSPS) is 15.2. The molecule has 0 spiro atoms. The molecule has 2 aromatic rings. The van der Waals surface area contributed by atoms with Crippen molar-refractivity contribution < 1.29 is 21.6 Å². The minimum absolute atomic E-state index is 0.0256. The Morgan fingerprint density at radius 3 is 1.96 bits per heavy atom. The van der Waals surface area contributed by atoms with Crippen LogP contribution in [-0.2, 0) is 24.8 Å². The second-order valence-corrected chi connectivity index (χ2v) is 9.68. The summed E-state index contributed by atoms with van der Waals surface area (Å²) >= 11 is 0. The van der Waals surface area contributed by atoms with Gasteiger partial charge in [0.2, 0.25) is 15.9 Å². The van der Waals surface area contributed by atoms with Gasteiger partial charge in [-0.25, -0.2) is 22.0 Å². The van der Waals surface area contributed by atoms with E-state index in [0.29, 0.717) is 24.3 Å². The fourth-order valence-electron chi connectivity index (χ4n) is 2.86. The summed E-state index contributed by atoms with van der Waals surface area (Å²) in [5.41, 5.74) is 0.956.